The van der Waals surface area contributed by atoms with E-state index in [-0.39, 0.29) is 0 Å². The highest BCUT2D eigenvalue weighted by molar-refractivity contribution is 6.33. The van der Waals surface area contributed by atoms with Crippen LogP contribution in [0, 0.1) is 0 Å². The van der Waals surface area contributed by atoms with Crippen LogP contribution in [-0.4, -0.2) is 8.80 Å². The topological polar surface area (TPSA) is 8.82 Å². The third-order valence-electron chi connectivity index (χ3n) is 6.87. The molecule has 0 unspecified atom stereocenters. The molecule has 3 aromatic heterocycles. The van der Waals surface area contributed by atoms with Crippen molar-refractivity contribution in [2.75, 3.05) is 0 Å². The van der Waals surface area contributed by atoms with E-state index < -0.39 is 0 Å². The zero-order valence-corrected chi connectivity index (χ0v) is 17.2. The van der Waals surface area contributed by atoms with Crippen molar-refractivity contribution in [3.05, 3.63) is 96.0 Å². The summed E-state index contributed by atoms with van der Waals surface area (Å²) >= 11 is 6.48. The Labute approximate surface area is 181 Å². The van der Waals surface area contributed by atoms with Crippen LogP contribution in [0.4, 0.5) is 0 Å². The predicted molar refractivity (Wildman–Crippen MR) is 132 cm³/mol. The monoisotopic (exact) mass is 414 g/mol. The van der Waals surface area contributed by atoms with E-state index in [2.05, 4.69) is 93.7 Å². The Balaban J connectivity index is 1.92. The molecule has 5 aromatic carbocycles. The van der Waals surface area contributed by atoms with Crippen LogP contribution in [0.15, 0.2) is 91.0 Å². The second-order valence-electron chi connectivity index (χ2n) is 8.36. The van der Waals surface area contributed by atoms with Gasteiger partial charge in [0.15, 0.2) is 0 Å². The van der Waals surface area contributed by atoms with E-state index in [1.807, 2.05) is 6.07 Å². The van der Waals surface area contributed by atoms with Crippen molar-refractivity contribution >= 4 is 77.0 Å². The van der Waals surface area contributed by atoms with E-state index >= 15 is 0 Å². The second kappa shape index (κ2) is 5.29. The summed E-state index contributed by atoms with van der Waals surface area (Å²) in [5.41, 5.74) is 7.29. The van der Waals surface area contributed by atoms with Gasteiger partial charge in [-0.25, -0.2) is 0 Å². The summed E-state index contributed by atoms with van der Waals surface area (Å²) in [5.74, 6) is 0. The lowest BCUT2D eigenvalue weighted by atomic mass is 10.0. The lowest BCUT2D eigenvalue weighted by Crippen LogP contribution is -1.87. The minimum Gasteiger partial charge on any atom is -0.306 e. The highest BCUT2D eigenvalue weighted by Crippen LogP contribution is 2.43. The molecule has 31 heavy (non-hydrogen) atoms. The van der Waals surface area contributed by atoms with E-state index in [9.17, 15) is 0 Å². The Morgan fingerprint density at radius 1 is 0.484 bits per heavy atom. The zero-order chi connectivity index (χ0) is 20.3. The third kappa shape index (κ3) is 1.78. The van der Waals surface area contributed by atoms with E-state index in [0.717, 1.165) is 10.5 Å². The largest absolute Gasteiger partial charge is 0.306 e. The fourth-order valence-electron chi connectivity index (χ4n) is 5.68. The Morgan fingerprint density at radius 3 is 1.74 bits per heavy atom. The quantitative estimate of drug-likeness (QED) is 0.237. The van der Waals surface area contributed by atoms with Crippen molar-refractivity contribution in [1.29, 1.82) is 0 Å². The summed E-state index contributed by atoms with van der Waals surface area (Å²) in [7, 11) is 0. The first kappa shape index (κ1) is 16.0. The van der Waals surface area contributed by atoms with Gasteiger partial charge in [-0.1, -0.05) is 72.3 Å². The van der Waals surface area contributed by atoms with Gasteiger partial charge >= 0.3 is 0 Å². The Kier molecular flexibility index (Phi) is 2.73. The van der Waals surface area contributed by atoms with E-state index in [1.165, 1.54) is 59.9 Å². The van der Waals surface area contributed by atoms with Crippen LogP contribution in [-0.2, 0) is 0 Å². The average Bonchev–Trinajstić information content (AvgIpc) is 3.26. The standard InChI is InChI=1S/C28H15ClN2/c29-17-11-14-19-21-13-10-16-9-12-20-18-5-1-2-6-22(18)30-23-7-3-4-8-24(23)31(25(19)15-17)28(21)26(16)27(20)30/h1-15H. The van der Waals surface area contributed by atoms with Crippen LogP contribution in [0.2, 0.25) is 5.02 Å². The molecule has 0 aliphatic carbocycles. The average molecular weight is 415 g/mol. The summed E-state index contributed by atoms with van der Waals surface area (Å²) in [6.45, 7) is 0. The molecule has 144 valence electrons. The first-order valence-electron chi connectivity index (χ1n) is 10.5. The highest BCUT2D eigenvalue weighted by atomic mass is 35.5. The first-order chi connectivity index (χ1) is 15.3. The smallest absolute Gasteiger partial charge is 0.0703 e. The molecule has 0 aliphatic heterocycles. The lowest BCUT2D eigenvalue weighted by molar-refractivity contribution is 1.31. The van der Waals surface area contributed by atoms with Gasteiger partial charge in [0, 0.05) is 32.0 Å². The van der Waals surface area contributed by atoms with E-state index in [0.29, 0.717) is 0 Å². The number of halogens is 1. The van der Waals surface area contributed by atoms with Gasteiger partial charge in [0.2, 0.25) is 0 Å². The molecule has 0 saturated carbocycles. The van der Waals surface area contributed by atoms with Gasteiger partial charge in [-0.2, -0.15) is 0 Å². The van der Waals surface area contributed by atoms with Crippen molar-refractivity contribution in [3.63, 3.8) is 0 Å². The molecule has 0 N–H and O–H groups in total. The molecule has 0 spiro atoms. The fraction of sp³-hybridized carbons (Fsp3) is 0. The molecule has 0 amide bonds. The molecule has 0 fully saturated rings. The Bertz CT molecular complexity index is 2010. The molecule has 0 aliphatic rings. The first-order valence-corrected chi connectivity index (χ1v) is 10.9. The number of fused-ring (bicyclic) bond motifs is 9. The molecule has 2 nitrogen and oxygen atoms in total. The summed E-state index contributed by atoms with van der Waals surface area (Å²) in [5, 5.41) is 8.40. The number of benzene rings is 5. The molecule has 0 atom stereocenters. The summed E-state index contributed by atoms with van der Waals surface area (Å²) in [6.07, 6.45) is 0. The molecule has 0 bridgehead atoms. The van der Waals surface area contributed by atoms with Crippen LogP contribution in [0.25, 0.3) is 65.4 Å². The molecule has 8 rings (SSSR count). The minimum atomic E-state index is 0.757. The maximum absolute atomic E-state index is 6.48. The summed E-state index contributed by atoms with van der Waals surface area (Å²) < 4.78 is 4.86. The van der Waals surface area contributed by atoms with Gasteiger partial charge in [-0.15, -0.1) is 0 Å². The maximum atomic E-state index is 6.48. The van der Waals surface area contributed by atoms with Crippen molar-refractivity contribution in [1.82, 2.24) is 8.80 Å². The van der Waals surface area contributed by atoms with Gasteiger partial charge in [0.05, 0.1) is 33.1 Å². The van der Waals surface area contributed by atoms with Crippen LogP contribution < -0.4 is 0 Å². The van der Waals surface area contributed by atoms with Crippen LogP contribution in [0.3, 0.4) is 0 Å². The van der Waals surface area contributed by atoms with Crippen molar-refractivity contribution in [3.8, 4) is 0 Å². The van der Waals surface area contributed by atoms with Gasteiger partial charge < -0.3 is 8.80 Å². The number of para-hydroxylation sites is 3. The molecule has 3 heteroatoms. The number of nitrogens with zero attached hydrogens (tertiary/aromatic N) is 2. The third-order valence-corrected chi connectivity index (χ3v) is 7.10. The normalized spacial score (nSPS) is 12.7. The van der Waals surface area contributed by atoms with Crippen LogP contribution in [0.1, 0.15) is 0 Å². The highest BCUT2D eigenvalue weighted by Gasteiger charge is 2.20. The zero-order valence-electron chi connectivity index (χ0n) is 16.4. The SMILES string of the molecule is Clc1ccc2c3ccc4ccc5c6ccccc6n6c7ccccc7n(c2c1)c3c4c56. The van der Waals surface area contributed by atoms with Gasteiger partial charge in [-0.05, 0) is 35.7 Å². The molecule has 3 heterocycles. The van der Waals surface area contributed by atoms with Crippen LogP contribution in [0.5, 0.6) is 0 Å². The predicted octanol–water partition coefficient (Wildman–Crippen LogP) is 8.05. The van der Waals surface area contributed by atoms with E-state index in [1.54, 1.807) is 0 Å². The number of hydrogen-bond donors (Lipinski definition) is 0. The fourth-order valence-corrected chi connectivity index (χ4v) is 5.84. The number of aromatic nitrogens is 2. The minimum absolute atomic E-state index is 0.757. The summed E-state index contributed by atoms with van der Waals surface area (Å²) in [4.78, 5) is 0. The van der Waals surface area contributed by atoms with Gasteiger partial charge in [0.25, 0.3) is 0 Å². The van der Waals surface area contributed by atoms with Gasteiger partial charge in [0.1, 0.15) is 0 Å². The van der Waals surface area contributed by atoms with Crippen molar-refractivity contribution in [2.45, 2.75) is 0 Å². The van der Waals surface area contributed by atoms with Crippen molar-refractivity contribution in [2.24, 2.45) is 0 Å². The maximum Gasteiger partial charge on any atom is 0.0703 e. The molecule has 0 saturated heterocycles. The second-order valence-corrected chi connectivity index (χ2v) is 8.80. The number of hydrogen-bond acceptors (Lipinski definition) is 0. The summed E-state index contributed by atoms with van der Waals surface area (Å²) in [6, 6.07) is 32.7. The molecule has 0 radical (unpaired) electrons. The molecular formula is C28H15ClN2. The number of rotatable bonds is 0. The van der Waals surface area contributed by atoms with Gasteiger partial charge in [-0.3, -0.25) is 0 Å². The molecule has 8 aromatic rings. The van der Waals surface area contributed by atoms with Crippen LogP contribution >= 0.6 is 11.6 Å². The molecular weight excluding hydrogens is 400 g/mol. The van der Waals surface area contributed by atoms with Crippen molar-refractivity contribution < 1.29 is 0 Å². The lowest BCUT2D eigenvalue weighted by Gasteiger charge is -2.04. The Morgan fingerprint density at radius 2 is 1.03 bits per heavy atom. The van der Waals surface area contributed by atoms with E-state index in [4.69, 9.17) is 11.6 Å². The Hall–Kier alpha value is -3.75.